The molecule has 5 nitrogen and oxygen atoms in total. The number of imidazole rings is 1. The Morgan fingerprint density at radius 3 is 2.94 bits per heavy atom. The van der Waals surface area contributed by atoms with Gasteiger partial charge < -0.3 is 16.0 Å². The Bertz CT molecular complexity index is 591. The number of benzene rings is 1. The first-order valence-corrected chi connectivity index (χ1v) is 5.57. The number of hydrogen-bond acceptors (Lipinski definition) is 3. The van der Waals surface area contributed by atoms with E-state index in [1.165, 1.54) is 12.1 Å². The van der Waals surface area contributed by atoms with E-state index in [0.29, 0.717) is 23.5 Å². The van der Waals surface area contributed by atoms with E-state index in [4.69, 9.17) is 5.73 Å². The van der Waals surface area contributed by atoms with Gasteiger partial charge in [0, 0.05) is 6.54 Å². The topological polar surface area (TPSA) is 83.8 Å². The van der Waals surface area contributed by atoms with E-state index in [1.54, 1.807) is 19.9 Å². The fourth-order valence-electron chi connectivity index (χ4n) is 1.46. The number of amides is 1. The summed E-state index contributed by atoms with van der Waals surface area (Å²) in [4.78, 5) is 18.3. The van der Waals surface area contributed by atoms with Gasteiger partial charge in [-0.05, 0) is 32.0 Å². The lowest BCUT2D eigenvalue weighted by Crippen LogP contribution is -2.37. The molecular formula is C12H15FN4O. The second-order valence-corrected chi connectivity index (χ2v) is 4.85. The number of primary amides is 1. The van der Waals surface area contributed by atoms with Gasteiger partial charge in [0.05, 0.1) is 16.4 Å². The molecular weight excluding hydrogens is 235 g/mol. The summed E-state index contributed by atoms with van der Waals surface area (Å²) < 4.78 is 13.0. The normalized spacial score (nSPS) is 11.7. The van der Waals surface area contributed by atoms with Gasteiger partial charge >= 0.3 is 0 Å². The molecule has 0 saturated carbocycles. The van der Waals surface area contributed by atoms with Crippen molar-refractivity contribution in [1.82, 2.24) is 9.97 Å². The number of anilines is 1. The third-order valence-corrected chi connectivity index (χ3v) is 2.81. The van der Waals surface area contributed by atoms with Crippen LogP contribution >= 0.6 is 0 Å². The van der Waals surface area contributed by atoms with Crippen molar-refractivity contribution in [1.29, 1.82) is 0 Å². The quantitative estimate of drug-likeness (QED) is 0.771. The lowest BCUT2D eigenvalue weighted by molar-refractivity contribution is -0.125. The highest BCUT2D eigenvalue weighted by Gasteiger charge is 2.24. The number of carbonyl (C=O) groups is 1. The molecule has 2 rings (SSSR count). The number of nitrogens with zero attached hydrogens (tertiary/aromatic N) is 1. The van der Waals surface area contributed by atoms with Crippen LogP contribution in [0.1, 0.15) is 13.8 Å². The molecule has 0 saturated heterocycles. The number of nitrogens with one attached hydrogen (secondary N) is 2. The van der Waals surface area contributed by atoms with Crippen LogP contribution in [0.15, 0.2) is 18.2 Å². The molecule has 0 spiro atoms. The molecule has 0 aliphatic rings. The summed E-state index contributed by atoms with van der Waals surface area (Å²) >= 11 is 0. The molecule has 0 aliphatic carbocycles. The van der Waals surface area contributed by atoms with Crippen molar-refractivity contribution in [3.05, 3.63) is 24.0 Å². The number of aromatic nitrogens is 2. The van der Waals surface area contributed by atoms with Gasteiger partial charge in [-0.25, -0.2) is 9.37 Å². The second-order valence-electron chi connectivity index (χ2n) is 4.85. The molecule has 0 unspecified atom stereocenters. The number of nitrogens with two attached hydrogens (primary N) is 1. The number of aromatic amines is 1. The van der Waals surface area contributed by atoms with E-state index < -0.39 is 11.3 Å². The van der Waals surface area contributed by atoms with Crippen molar-refractivity contribution in [2.45, 2.75) is 13.8 Å². The summed E-state index contributed by atoms with van der Waals surface area (Å²) in [5.41, 5.74) is 5.86. The summed E-state index contributed by atoms with van der Waals surface area (Å²) in [6.07, 6.45) is 0. The van der Waals surface area contributed by atoms with Gasteiger partial charge in [-0.15, -0.1) is 0 Å². The minimum Gasteiger partial charge on any atom is -0.369 e. The van der Waals surface area contributed by atoms with Crippen molar-refractivity contribution < 1.29 is 9.18 Å². The smallest absolute Gasteiger partial charge is 0.224 e. The van der Waals surface area contributed by atoms with E-state index >= 15 is 0 Å². The number of carbonyl (C=O) groups excluding carboxylic acids is 1. The molecule has 1 amide bonds. The average Bonchev–Trinajstić information content (AvgIpc) is 2.68. The van der Waals surface area contributed by atoms with E-state index in [2.05, 4.69) is 15.3 Å². The van der Waals surface area contributed by atoms with Crippen LogP contribution in [0.25, 0.3) is 11.0 Å². The van der Waals surface area contributed by atoms with Gasteiger partial charge in [0.25, 0.3) is 0 Å². The van der Waals surface area contributed by atoms with Gasteiger partial charge in [-0.2, -0.15) is 0 Å². The van der Waals surface area contributed by atoms with Crippen LogP contribution in [0.3, 0.4) is 0 Å². The van der Waals surface area contributed by atoms with E-state index in [0.717, 1.165) is 0 Å². The minimum absolute atomic E-state index is 0.324. The largest absolute Gasteiger partial charge is 0.369 e. The second kappa shape index (κ2) is 4.29. The van der Waals surface area contributed by atoms with Crippen molar-refractivity contribution in [2.75, 3.05) is 11.9 Å². The Morgan fingerprint density at radius 2 is 2.28 bits per heavy atom. The number of H-pyrrole nitrogens is 1. The van der Waals surface area contributed by atoms with E-state index in [9.17, 15) is 9.18 Å². The highest BCUT2D eigenvalue weighted by atomic mass is 19.1. The molecule has 0 aliphatic heterocycles. The average molecular weight is 250 g/mol. The van der Waals surface area contributed by atoms with Crippen LogP contribution in [0.4, 0.5) is 10.3 Å². The molecule has 96 valence electrons. The summed E-state index contributed by atoms with van der Waals surface area (Å²) in [7, 11) is 0. The predicted molar refractivity (Wildman–Crippen MR) is 67.5 cm³/mol. The SMILES string of the molecule is CC(C)(CNc1nc2ccc(F)cc2[nH]1)C(N)=O. The first kappa shape index (κ1) is 12.3. The van der Waals surface area contributed by atoms with E-state index in [1.807, 2.05) is 0 Å². The highest BCUT2D eigenvalue weighted by Crippen LogP contribution is 2.18. The zero-order valence-electron chi connectivity index (χ0n) is 10.2. The summed E-state index contributed by atoms with van der Waals surface area (Å²) in [5.74, 6) is -0.225. The molecule has 1 aromatic carbocycles. The molecule has 6 heteroatoms. The number of halogens is 1. The Morgan fingerprint density at radius 1 is 1.56 bits per heavy atom. The van der Waals surface area contributed by atoms with Gasteiger partial charge in [0.2, 0.25) is 11.9 Å². The molecule has 0 bridgehead atoms. The maximum Gasteiger partial charge on any atom is 0.224 e. The first-order chi connectivity index (χ1) is 8.38. The van der Waals surface area contributed by atoms with Crippen LogP contribution in [-0.2, 0) is 4.79 Å². The Kier molecular flexibility index (Phi) is 2.94. The lowest BCUT2D eigenvalue weighted by atomic mass is 9.93. The van der Waals surface area contributed by atoms with Crippen molar-refractivity contribution in [3.63, 3.8) is 0 Å². The van der Waals surface area contributed by atoms with Crippen LogP contribution in [0, 0.1) is 11.2 Å². The molecule has 2 aromatic rings. The molecule has 4 N–H and O–H groups in total. The molecule has 0 atom stereocenters. The maximum absolute atomic E-state index is 13.0. The number of rotatable bonds is 4. The standard InChI is InChI=1S/C12H15FN4O/c1-12(2,10(14)18)6-15-11-16-8-4-3-7(13)5-9(8)17-11/h3-5H,6H2,1-2H3,(H2,14,18)(H2,15,16,17). The fourth-order valence-corrected chi connectivity index (χ4v) is 1.46. The van der Waals surface area contributed by atoms with Gasteiger partial charge in [-0.1, -0.05) is 0 Å². The first-order valence-electron chi connectivity index (χ1n) is 5.57. The van der Waals surface area contributed by atoms with Crippen LogP contribution < -0.4 is 11.1 Å². The summed E-state index contributed by atoms with van der Waals surface area (Å²) in [6.45, 7) is 3.83. The van der Waals surface area contributed by atoms with E-state index in [-0.39, 0.29) is 5.82 Å². The van der Waals surface area contributed by atoms with Crippen molar-refractivity contribution in [2.24, 2.45) is 11.1 Å². The van der Waals surface area contributed by atoms with Crippen LogP contribution in [0.2, 0.25) is 0 Å². The van der Waals surface area contributed by atoms with Crippen LogP contribution in [-0.4, -0.2) is 22.4 Å². The van der Waals surface area contributed by atoms with Gasteiger partial charge in [0.1, 0.15) is 5.82 Å². The zero-order chi connectivity index (χ0) is 13.3. The van der Waals surface area contributed by atoms with Crippen LogP contribution in [0.5, 0.6) is 0 Å². The maximum atomic E-state index is 13.0. The molecule has 0 fully saturated rings. The summed E-state index contributed by atoms with van der Waals surface area (Å²) in [5, 5.41) is 2.99. The Hall–Kier alpha value is -2.11. The van der Waals surface area contributed by atoms with Gasteiger partial charge in [-0.3, -0.25) is 4.79 Å². The number of hydrogen-bond donors (Lipinski definition) is 3. The lowest BCUT2D eigenvalue weighted by Gasteiger charge is -2.20. The fraction of sp³-hybridized carbons (Fsp3) is 0.333. The highest BCUT2D eigenvalue weighted by molar-refractivity contribution is 5.81. The molecule has 1 heterocycles. The molecule has 18 heavy (non-hydrogen) atoms. The monoisotopic (exact) mass is 250 g/mol. The third kappa shape index (κ3) is 2.42. The van der Waals surface area contributed by atoms with Gasteiger partial charge in [0.15, 0.2) is 0 Å². The Labute approximate surface area is 104 Å². The third-order valence-electron chi connectivity index (χ3n) is 2.81. The van der Waals surface area contributed by atoms with Crippen molar-refractivity contribution in [3.8, 4) is 0 Å². The minimum atomic E-state index is -0.676. The number of fused-ring (bicyclic) bond motifs is 1. The molecule has 0 radical (unpaired) electrons. The summed E-state index contributed by atoms with van der Waals surface area (Å²) in [6, 6.07) is 4.30. The Balaban J connectivity index is 2.15. The van der Waals surface area contributed by atoms with Crippen molar-refractivity contribution >= 4 is 22.9 Å². The zero-order valence-corrected chi connectivity index (χ0v) is 10.2. The molecule has 1 aromatic heterocycles. The predicted octanol–water partition coefficient (Wildman–Crippen LogP) is 1.63.